The number of carbonyl (C=O) groups is 1. The lowest BCUT2D eigenvalue weighted by atomic mass is 10.0. The Hall–Kier alpha value is -1.58. The zero-order valence-electron chi connectivity index (χ0n) is 9.78. The van der Waals surface area contributed by atoms with Gasteiger partial charge >= 0.3 is 0 Å². The number of rotatable bonds is 1. The fraction of sp³-hybridized carbons (Fsp3) is 0. The van der Waals surface area contributed by atoms with Crippen molar-refractivity contribution in [3.8, 4) is 0 Å². The van der Waals surface area contributed by atoms with Crippen LogP contribution in [-0.4, -0.2) is 5.91 Å². The summed E-state index contributed by atoms with van der Waals surface area (Å²) in [5.41, 5.74) is 3.00. The van der Waals surface area contributed by atoms with Crippen LogP contribution >= 0.6 is 27.5 Å². The highest BCUT2D eigenvalue weighted by Gasteiger charge is 2.26. The van der Waals surface area contributed by atoms with Crippen molar-refractivity contribution in [2.75, 3.05) is 5.32 Å². The van der Waals surface area contributed by atoms with Gasteiger partial charge < -0.3 is 5.32 Å². The smallest absolute Gasteiger partial charge is 0.257 e. The van der Waals surface area contributed by atoms with Crippen molar-refractivity contribution in [2.45, 2.75) is 0 Å². The van der Waals surface area contributed by atoms with Crippen LogP contribution in [0.4, 0.5) is 5.69 Å². The molecule has 19 heavy (non-hydrogen) atoms. The lowest BCUT2D eigenvalue weighted by molar-refractivity contribution is -0.110. The van der Waals surface area contributed by atoms with E-state index in [4.69, 9.17) is 11.6 Å². The first kappa shape index (κ1) is 12.5. The molecule has 2 nitrogen and oxygen atoms in total. The number of nitrogens with one attached hydrogen (secondary N) is 1. The zero-order valence-corrected chi connectivity index (χ0v) is 12.1. The van der Waals surface area contributed by atoms with Crippen LogP contribution in [0.25, 0.3) is 10.6 Å². The Bertz CT molecular complexity index is 692. The lowest BCUT2D eigenvalue weighted by Crippen LogP contribution is -2.04. The summed E-state index contributed by atoms with van der Waals surface area (Å²) in [6.45, 7) is 0. The van der Waals surface area contributed by atoms with Crippen molar-refractivity contribution in [3.63, 3.8) is 0 Å². The maximum absolute atomic E-state index is 12.1. The molecule has 0 spiro atoms. The highest BCUT2D eigenvalue weighted by Crippen LogP contribution is 2.38. The van der Waals surface area contributed by atoms with E-state index in [1.54, 1.807) is 0 Å². The molecule has 1 aliphatic rings. The van der Waals surface area contributed by atoms with Gasteiger partial charge in [0.15, 0.2) is 0 Å². The normalized spacial score (nSPS) is 16.0. The van der Waals surface area contributed by atoms with Crippen molar-refractivity contribution in [3.05, 3.63) is 64.1 Å². The van der Waals surface area contributed by atoms with Gasteiger partial charge in [-0.05, 0) is 23.8 Å². The number of hydrogen-bond donors (Lipinski definition) is 1. The van der Waals surface area contributed by atoms with Crippen LogP contribution in [-0.2, 0) is 4.79 Å². The van der Waals surface area contributed by atoms with E-state index in [2.05, 4.69) is 21.2 Å². The maximum atomic E-state index is 12.1. The number of hydrogen-bond acceptors (Lipinski definition) is 1. The third-order valence-electron chi connectivity index (χ3n) is 2.99. The van der Waals surface area contributed by atoms with Gasteiger partial charge in [0.25, 0.3) is 5.91 Å². The van der Waals surface area contributed by atoms with Gasteiger partial charge in [-0.3, -0.25) is 4.79 Å². The van der Waals surface area contributed by atoms with Crippen molar-refractivity contribution >= 4 is 49.7 Å². The van der Waals surface area contributed by atoms with E-state index in [0.29, 0.717) is 10.6 Å². The Morgan fingerprint density at radius 1 is 1.05 bits per heavy atom. The molecule has 0 bridgehead atoms. The summed E-state index contributed by atoms with van der Waals surface area (Å²) in [6, 6.07) is 15.1. The molecule has 0 atom stereocenters. The predicted molar refractivity (Wildman–Crippen MR) is 81.9 cm³/mol. The number of halogens is 2. The predicted octanol–water partition coefficient (Wildman–Crippen LogP) is 4.51. The van der Waals surface area contributed by atoms with E-state index in [1.165, 1.54) is 0 Å². The summed E-state index contributed by atoms with van der Waals surface area (Å²) >= 11 is 9.77. The van der Waals surface area contributed by atoms with E-state index in [1.807, 2.05) is 48.5 Å². The molecule has 1 N–H and O–H groups in total. The molecule has 2 aromatic rings. The number of fused-ring (bicyclic) bond motifs is 1. The Balaban J connectivity index is 2.17. The van der Waals surface area contributed by atoms with Crippen LogP contribution in [0.2, 0.25) is 0 Å². The third-order valence-corrected chi connectivity index (χ3v) is 3.92. The zero-order chi connectivity index (χ0) is 13.4. The number of anilines is 1. The Morgan fingerprint density at radius 2 is 1.74 bits per heavy atom. The van der Waals surface area contributed by atoms with Crippen molar-refractivity contribution < 1.29 is 4.79 Å². The summed E-state index contributed by atoms with van der Waals surface area (Å²) in [7, 11) is 0. The standard InChI is InChI=1S/C15H9BrClNO/c16-10-7-5-9(6-8-10)14(17)13-11-3-1-2-4-12(11)18-15(13)19/h1-8H,(H,18,19)/b14-13+. The first-order valence-corrected chi connectivity index (χ1v) is 6.90. The van der Waals surface area contributed by atoms with Crippen LogP contribution in [0.1, 0.15) is 11.1 Å². The molecule has 0 fully saturated rings. The summed E-state index contributed by atoms with van der Waals surface area (Å²) in [5, 5.41) is 3.29. The summed E-state index contributed by atoms with van der Waals surface area (Å²) < 4.78 is 0.974. The number of carbonyl (C=O) groups excluding carboxylic acids is 1. The Labute approximate surface area is 124 Å². The molecular formula is C15H9BrClNO. The molecule has 1 heterocycles. The minimum Gasteiger partial charge on any atom is -0.321 e. The number of amides is 1. The van der Waals surface area contributed by atoms with Gasteiger partial charge in [-0.15, -0.1) is 0 Å². The molecule has 0 saturated heterocycles. The number of para-hydroxylation sites is 1. The topological polar surface area (TPSA) is 29.1 Å². The molecule has 0 saturated carbocycles. The van der Waals surface area contributed by atoms with Crippen LogP contribution < -0.4 is 5.32 Å². The Kier molecular flexibility index (Phi) is 3.17. The van der Waals surface area contributed by atoms with Crippen LogP contribution in [0, 0.1) is 0 Å². The maximum Gasteiger partial charge on any atom is 0.257 e. The van der Waals surface area contributed by atoms with Gasteiger partial charge in [-0.25, -0.2) is 0 Å². The van der Waals surface area contributed by atoms with Crippen LogP contribution in [0.3, 0.4) is 0 Å². The van der Waals surface area contributed by atoms with Crippen molar-refractivity contribution in [2.24, 2.45) is 0 Å². The second kappa shape index (κ2) is 4.83. The van der Waals surface area contributed by atoms with E-state index in [0.717, 1.165) is 21.3 Å². The second-order valence-electron chi connectivity index (χ2n) is 4.20. The first-order chi connectivity index (χ1) is 9.16. The Morgan fingerprint density at radius 3 is 2.47 bits per heavy atom. The van der Waals surface area contributed by atoms with Gasteiger partial charge in [0.05, 0.1) is 10.6 Å². The first-order valence-electron chi connectivity index (χ1n) is 5.73. The summed E-state index contributed by atoms with van der Waals surface area (Å²) in [6.07, 6.45) is 0. The van der Waals surface area contributed by atoms with Gasteiger partial charge in [0.1, 0.15) is 0 Å². The molecule has 0 radical (unpaired) electrons. The van der Waals surface area contributed by atoms with Gasteiger partial charge in [0, 0.05) is 15.7 Å². The van der Waals surface area contributed by atoms with E-state index < -0.39 is 0 Å². The molecule has 3 rings (SSSR count). The van der Waals surface area contributed by atoms with Gasteiger partial charge in [0.2, 0.25) is 0 Å². The highest BCUT2D eigenvalue weighted by atomic mass is 79.9. The summed E-state index contributed by atoms with van der Waals surface area (Å²) in [5.74, 6) is -0.158. The molecule has 0 aromatic heterocycles. The van der Waals surface area contributed by atoms with Crippen LogP contribution in [0.5, 0.6) is 0 Å². The average Bonchev–Trinajstić information content (AvgIpc) is 2.74. The molecular weight excluding hydrogens is 326 g/mol. The molecule has 2 aromatic carbocycles. The SMILES string of the molecule is O=C1Nc2ccccc2/C1=C(\Cl)c1ccc(Br)cc1. The minimum absolute atomic E-state index is 0.158. The average molecular weight is 335 g/mol. The van der Waals surface area contributed by atoms with E-state index in [-0.39, 0.29) is 5.91 Å². The van der Waals surface area contributed by atoms with Gasteiger partial charge in [-0.2, -0.15) is 0 Å². The second-order valence-corrected chi connectivity index (χ2v) is 5.49. The molecule has 0 aliphatic carbocycles. The molecule has 1 aliphatic heterocycles. The number of benzene rings is 2. The fourth-order valence-electron chi connectivity index (χ4n) is 2.08. The quantitative estimate of drug-likeness (QED) is 0.764. The van der Waals surface area contributed by atoms with Crippen LogP contribution in [0.15, 0.2) is 53.0 Å². The summed E-state index contributed by atoms with van der Waals surface area (Å²) in [4.78, 5) is 12.1. The lowest BCUT2D eigenvalue weighted by Gasteiger charge is -2.04. The van der Waals surface area contributed by atoms with Crippen molar-refractivity contribution in [1.82, 2.24) is 0 Å². The highest BCUT2D eigenvalue weighted by molar-refractivity contribution is 9.10. The minimum atomic E-state index is -0.158. The monoisotopic (exact) mass is 333 g/mol. The van der Waals surface area contributed by atoms with Gasteiger partial charge in [-0.1, -0.05) is 57.9 Å². The molecule has 0 unspecified atom stereocenters. The molecule has 4 heteroatoms. The van der Waals surface area contributed by atoms with E-state index in [9.17, 15) is 4.79 Å². The molecule has 1 amide bonds. The van der Waals surface area contributed by atoms with E-state index >= 15 is 0 Å². The fourth-order valence-corrected chi connectivity index (χ4v) is 2.65. The largest absolute Gasteiger partial charge is 0.321 e. The third kappa shape index (κ3) is 2.20. The van der Waals surface area contributed by atoms with Crippen molar-refractivity contribution in [1.29, 1.82) is 0 Å². The molecule has 94 valence electrons.